The molecule has 13 heavy (non-hydrogen) atoms. The van der Waals surface area contributed by atoms with Crippen LogP contribution < -0.4 is 11.1 Å². The fraction of sp³-hybridized carbons (Fsp3) is 0.889. The molecule has 0 aromatic rings. The van der Waals surface area contributed by atoms with E-state index in [9.17, 15) is 4.79 Å². The molecule has 0 bridgehead atoms. The van der Waals surface area contributed by atoms with Gasteiger partial charge < -0.3 is 16.2 Å². The quantitative estimate of drug-likeness (QED) is 0.506. The first-order valence-electron chi connectivity index (χ1n) is 4.73. The number of aliphatic carboxylic acids is 1. The Balaban J connectivity index is 3.21. The van der Waals surface area contributed by atoms with E-state index in [0.29, 0.717) is 12.3 Å². The summed E-state index contributed by atoms with van der Waals surface area (Å²) in [5.74, 6) is -0.281. The van der Waals surface area contributed by atoms with Crippen molar-refractivity contribution in [3.8, 4) is 0 Å². The Morgan fingerprint density at radius 1 is 1.54 bits per heavy atom. The predicted octanol–water partition coefficient (Wildman–Crippen LogP) is 0.424. The van der Waals surface area contributed by atoms with E-state index < -0.39 is 12.0 Å². The highest BCUT2D eigenvalue weighted by Gasteiger charge is 2.09. The van der Waals surface area contributed by atoms with Gasteiger partial charge in [-0.1, -0.05) is 13.8 Å². The van der Waals surface area contributed by atoms with Crippen molar-refractivity contribution in [3.05, 3.63) is 0 Å². The van der Waals surface area contributed by atoms with Crippen LogP contribution in [0.25, 0.3) is 0 Å². The van der Waals surface area contributed by atoms with E-state index in [1.807, 2.05) is 0 Å². The van der Waals surface area contributed by atoms with Crippen molar-refractivity contribution in [1.82, 2.24) is 5.32 Å². The SMILES string of the molecule is CC(C)CNCCC[C@H](N)C(=O)O. The maximum Gasteiger partial charge on any atom is 0.320 e. The zero-order chi connectivity index (χ0) is 10.3. The third-order valence-electron chi connectivity index (χ3n) is 1.74. The van der Waals surface area contributed by atoms with E-state index in [4.69, 9.17) is 10.8 Å². The highest BCUT2D eigenvalue weighted by Crippen LogP contribution is 1.94. The maximum atomic E-state index is 10.3. The average Bonchev–Trinajstić information content (AvgIpc) is 2.02. The average molecular weight is 188 g/mol. The van der Waals surface area contributed by atoms with E-state index in [0.717, 1.165) is 19.5 Å². The highest BCUT2D eigenvalue weighted by atomic mass is 16.4. The van der Waals surface area contributed by atoms with Crippen LogP contribution in [0.3, 0.4) is 0 Å². The molecule has 4 nitrogen and oxygen atoms in total. The largest absolute Gasteiger partial charge is 0.480 e. The lowest BCUT2D eigenvalue weighted by Crippen LogP contribution is -2.31. The Labute approximate surface area is 79.5 Å². The van der Waals surface area contributed by atoms with Gasteiger partial charge in [-0.05, 0) is 31.8 Å². The lowest BCUT2D eigenvalue weighted by Gasteiger charge is -2.08. The van der Waals surface area contributed by atoms with Crippen molar-refractivity contribution in [2.45, 2.75) is 32.7 Å². The third-order valence-corrected chi connectivity index (χ3v) is 1.74. The lowest BCUT2D eigenvalue weighted by molar-refractivity contribution is -0.138. The summed E-state index contributed by atoms with van der Waals surface area (Å²) < 4.78 is 0. The van der Waals surface area contributed by atoms with Gasteiger partial charge in [-0.25, -0.2) is 0 Å². The van der Waals surface area contributed by atoms with Gasteiger partial charge in [-0.15, -0.1) is 0 Å². The summed E-state index contributed by atoms with van der Waals surface area (Å²) in [5.41, 5.74) is 5.33. The molecule has 0 aromatic heterocycles. The summed E-state index contributed by atoms with van der Waals surface area (Å²) in [5, 5.41) is 11.7. The molecule has 1 atom stereocenters. The van der Waals surface area contributed by atoms with E-state index >= 15 is 0 Å². The van der Waals surface area contributed by atoms with Crippen LogP contribution in [-0.4, -0.2) is 30.2 Å². The smallest absolute Gasteiger partial charge is 0.320 e. The first-order valence-corrected chi connectivity index (χ1v) is 4.73. The molecule has 0 aromatic carbocycles. The standard InChI is InChI=1S/C9H20N2O2/c1-7(2)6-11-5-3-4-8(10)9(12)13/h7-8,11H,3-6,10H2,1-2H3,(H,12,13)/t8-/m0/s1. The minimum atomic E-state index is -0.913. The second-order valence-electron chi connectivity index (χ2n) is 3.68. The Bertz CT molecular complexity index is 149. The van der Waals surface area contributed by atoms with Crippen molar-refractivity contribution >= 4 is 5.97 Å². The fourth-order valence-electron chi connectivity index (χ4n) is 0.961. The Morgan fingerprint density at radius 3 is 2.62 bits per heavy atom. The molecule has 0 heterocycles. The van der Waals surface area contributed by atoms with Crippen LogP contribution in [0.1, 0.15) is 26.7 Å². The van der Waals surface area contributed by atoms with Gasteiger partial charge in [0, 0.05) is 0 Å². The van der Waals surface area contributed by atoms with Crippen molar-refractivity contribution in [2.24, 2.45) is 11.7 Å². The van der Waals surface area contributed by atoms with Gasteiger partial charge in [-0.2, -0.15) is 0 Å². The number of nitrogens with one attached hydrogen (secondary N) is 1. The van der Waals surface area contributed by atoms with Gasteiger partial charge in [0.1, 0.15) is 6.04 Å². The van der Waals surface area contributed by atoms with Gasteiger partial charge in [0.25, 0.3) is 0 Å². The number of carboxylic acid groups (broad SMARTS) is 1. The molecule has 0 fully saturated rings. The summed E-state index contributed by atoms with van der Waals surface area (Å²) in [6, 6.07) is -0.708. The summed E-state index contributed by atoms with van der Waals surface area (Å²) in [6.07, 6.45) is 1.36. The van der Waals surface area contributed by atoms with E-state index in [1.54, 1.807) is 0 Å². The summed E-state index contributed by atoms with van der Waals surface area (Å²) >= 11 is 0. The second kappa shape index (κ2) is 6.86. The number of nitrogens with two attached hydrogens (primary N) is 1. The third kappa shape index (κ3) is 7.74. The molecule has 0 saturated carbocycles. The number of rotatable bonds is 7. The molecule has 4 heteroatoms. The first kappa shape index (κ1) is 12.4. The lowest BCUT2D eigenvalue weighted by atomic mass is 10.1. The van der Waals surface area contributed by atoms with Crippen LogP contribution in [0.4, 0.5) is 0 Å². The van der Waals surface area contributed by atoms with Crippen molar-refractivity contribution in [3.63, 3.8) is 0 Å². The van der Waals surface area contributed by atoms with Crippen molar-refractivity contribution < 1.29 is 9.90 Å². The molecule has 0 amide bonds. The molecule has 4 N–H and O–H groups in total. The van der Waals surface area contributed by atoms with Crippen LogP contribution >= 0.6 is 0 Å². The number of carboxylic acids is 1. The minimum Gasteiger partial charge on any atom is -0.480 e. The molecule has 0 unspecified atom stereocenters. The molecular weight excluding hydrogens is 168 g/mol. The van der Waals surface area contributed by atoms with Gasteiger partial charge in [0.15, 0.2) is 0 Å². The highest BCUT2D eigenvalue weighted by molar-refractivity contribution is 5.72. The topological polar surface area (TPSA) is 75.3 Å². The van der Waals surface area contributed by atoms with Gasteiger partial charge >= 0.3 is 5.97 Å². The number of hydrogen-bond acceptors (Lipinski definition) is 3. The van der Waals surface area contributed by atoms with Crippen molar-refractivity contribution in [1.29, 1.82) is 0 Å². The molecule has 0 radical (unpaired) electrons. The molecular formula is C9H20N2O2. The number of hydrogen-bond donors (Lipinski definition) is 3. The second-order valence-corrected chi connectivity index (χ2v) is 3.68. The Morgan fingerprint density at radius 2 is 2.15 bits per heavy atom. The van der Waals surface area contributed by atoms with Crippen molar-refractivity contribution in [2.75, 3.05) is 13.1 Å². The first-order chi connectivity index (χ1) is 6.04. The Hall–Kier alpha value is -0.610. The zero-order valence-electron chi connectivity index (χ0n) is 8.42. The van der Waals surface area contributed by atoms with Crippen LogP contribution in [0.5, 0.6) is 0 Å². The van der Waals surface area contributed by atoms with E-state index in [2.05, 4.69) is 19.2 Å². The van der Waals surface area contributed by atoms with Gasteiger partial charge in [-0.3, -0.25) is 4.79 Å². The molecule has 0 aliphatic carbocycles. The normalized spacial score (nSPS) is 13.2. The molecule has 0 aliphatic rings. The predicted molar refractivity (Wildman–Crippen MR) is 52.6 cm³/mol. The van der Waals surface area contributed by atoms with Crippen LogP contribution in [0.2, 0.25) is 0 Å². The number of carbonyl (C=O) groups is 1. The molecule has 0 spiro atoms. The minimum absolute atomic E-state index is 0.542. The van der Waals surface area contributed by atoms with Crippen LogP contribution in [-0.2, 0) is 4.79 Å². The van der Waals surface area contributed by atoms with E-state index in [1.165, 1.54) is 0 Å². The van der Waals surface area contributed by atoms with E-state index in [-0.39, 0.29) is 0 Å². The summed E-state index contributed by atoms with van der Waals surface area (Å²) in [4.78, 5) is 10.3. The maximum absolute atomic E-state index is 10.3. The molecule has 0 aliphatic heterocycles. The van der Waals surface area contributed by atoms with Crippen LogP contribution in [0, 0.1) is 5.92 Å². The van der Waals surface area contributed by atoms with Gasteiger partial charge in [0.2, 0.25) is 0 Å². The summed E-state index contributed by atoms with van der Waals surface area (Å²) in [6.45, 7) is 6.09. The fourth-order valence-corrected chi connectivity index (χ4v) is 0.961. The summed E-state index contributed by atoms with van der Waals surface area (Å²) in [7, 11) is 0. The Kier molecular flexibility index (Phi) is 6.54. The molecule has 78 valence electrons. The van der Waals surface area contributed by atoms with Crippen LogP contribution in [0.15, 0.2) is 0 Å². The zero-order valence-corrected chi connectivity index (χ0v) is 8.42. The molecule has 0 saturated heterocycles. The monoisotopic (exact) mass is 188 g/mol. The van der Waals surface area contributed by atoms with Gasteiger partial charge in [0.05, 0.1) is 0 Å². The molecule has 0 rings (SSSR count).